The Kier molecular flexibility index (Phi) is 19.4. The van der Waals surface area contributed by atoms with Crippen LogP contribution in [-0.4, -0.2) is 70.6 Å². The van der Waals surface area contributed by atoms with Gasteiger partial charge in [0.1, 0.15) is 62.8 Å². The highest BCUT2D eigenvalue weighted by Crippen LogP contribution is 2.74. The molecule has 99 heavy (non-hydrogen) atoms. The van der Waals surface area contributed by atoms with Crippen LogP contribution in [0.4, 0.5) is 51.2 Å². The number of fused-ring (bicyclic) bond motifs is 1. The maximum atomic E-state index is 8.97. The first-order valence-electron chi connectivity index (χ1n) is 35.2. The van der Waals surface area contributed by atoms with Gasteiger partial charge in [-0.1, -0.05) is 231 Å². The Labute approximate surface area is 610 Å². The topological polar surface area (TPSA) is 9.72 Å². The lowest BCUT2D eigenvalue weighted by molar-refractivity contribution is 0.590. The fraction of sp³-hybridized carbons (Fsp3) is 0.190. The predicted molar refractivity (Wildman–Crippen MR) is 465 cm³/mol. The van der Waals surface area contributed by atoms with Crippen LogP contribution in [0.3, 0.4) is 0 Å². The van der Waals surface area contributed by atoms with Gasteiger partial charge in [0.2, 0.25) is 0 Å². The molecular formula is C84H91B9ClN3S2. The van der Waals surface area contributed by atoms with Crippen LogP contribution in [0, 0.1) is 0 Å². The summed E-state index contributed by atoms with van der Waals surface area (Å²) in [4.78, 5) is 12.2. The molecule has 0 saturated heterocycles. The molecule has 0 bridgehead atoms. The molecule has 0 unspecified atom stereocenters. The monoisotopic (exact) mass is 1340 g/mol. The molecule has 0 fully saturated rings. The van der Waals surface area contributed by atoms with Crippen molar-refractivity contribution >= 4 is 213 Å². The van der Waals surface area contributed by atoms with Crippen LogP contribution in [-0.2, 0) is 21.7 Å². The number of hydrogen-bond acceptors (Lipinski definition) is 4. The Hall–Kier alpha value is -8.00. The summed E-state index contributed by atoms with van der Waals surface area (Å²) in [6.45, 7) is 27.5. The molecule has 0 N–H and O–H groups in total. The zero-order valence-corrected chi connectivity index (χ0v) is 64.8. The highest BCUT2D eigenvalue weighted by atomic mass is 35.5. The van der Waals surface area contributed by atoms with E-state index in [9.17, 15) is 0 Å². The molecule has 0 aliphatic carbocycles. The second-order valence-corrected chi connectivity index (χ2v) is 36.2. The summed E-state index contributed by atoms with van der Waals surface area (Å²) in [5.74, 6) is 0. The van der Waals surface area contributed by atoms with E-state index in [4.69, 9.17) is 11.6 Å². The van der Waals surface area contributed by atoms with Crippen molar-refractivity contribution in [2.75, 3.05) is 14.7 Å². The normalized spacial score (nSPS) is 12.4. The SMILES string of the molecule is Bc1sc2c(B)c(B)c(-c3c(B)c(B)c(B)c(B)c3B)c(B)c2c1N(c1ccc(C(C)(C)C)cc1)c1cc(S(c2ccccc2)(c2ccccc2)c2ccccc2)cc(N(c2ccc(C(C)(C)C)cc2)c2cccc(N(c3ccc(C(C)(C)C)cc3)c3ccc(C(C)(C)C)cc3)c2)c1Cl. The first-order chi connectivity index (χ1) is 46.8. The number of anilines is 9. The van der Waals surface area contributed by atoms with Crippen molar-refractivity contribution in [2.24, 2.45) is 0 Å². The molecule has 0 spiro atoms. The number of halogens is 1. The average Bonchev–Trinajstić information content (AvgIpc) is 1.72. The predicted octanol–water partition coefficient (Wildman–Crippen LogP) is 10.5. The zero-order valence-electron chi connectivity index (χ0n) is 62.4. The van der Waals surface area contributed by atoms with Crippen molar-refractivity contribution in [3.8, 4) is 11.1 Å². The van der Waals surface area contributed by atoms with E-state index in [2.05, 4.69) is 393 Å². The van der Waals surface area contributed by atoms with Gasteiger partial charge in [-0.25, -0.2) is 0 Å². The fourth-order valence-electron chi connectivity index (χ4n) is 14.7. The van der Waals surface area contributed by atoms with Gasteiger partial charge in [0.25, 0.3) is 0 Å². The van der Waals surface area contributed by atoms with Crippen molar-refractivity contribution < 1.29 is 0 Å². The van der Waals surface area contributed by atoms with Gasteiger partial charge in [0, 0.05) is 63.8 Å². The van der Waals surface area contributed by atoms with E-state index in [1.807, 2.05) is 11.3 Å². The number of rotatable bonds is 14. The second-order valence-electron chi connectivity index (χ2n) is 31.5. The molecule has 1 aromatic heterocycles. The van der Waals surface area contributed by atoms with E-state index < -0.39 is 10.0 Å². The number of nitrogens with zero attached hydrogens (tertiary/aromatic N) is 3. The fourth-order valence-corrected chi connectivity index (χ4v) is 20.1. The van der Waals surface area contributed by atoms with Gasteiger partial charge in [0.05, 0.1) is 22.1 Å². The molecule has 12 rings (SSSR count). The summed E-state index contributed by atoms with van der Waals surface area (Å²) in [5.41, 5.74) is 27.1. The third-order valence-electron chi connectivity index (χ3n) is 21.0. The molecule has 0 radical (unpaired) electrons. The van der Waals surface area contributed by atoms with Gasteiger partial charge >= 0.3 is 0 Å². The van der Waals surface area contributed by atoms with Crippen LogP contribution in [0.25, 0.3) is 21.2 Å². The van der Waals surface area contributed by atoms with Crippen LogP contribution in [0.15, 0.2) is 244 Å². The Bertz CT molecular complexity index is 4800. The lowest BCUT2D eigenvalue weighted by atomic mass is 9.57. The van der Waals surface area contributed by atoms with Crippen LogP contribution < -0.4 is 63.2 Å². The van der Waals surface area contributed by atoms with E-state index in [1.54, 1.807) is 0 Å². The van der Waals surface area contributed by atoms with E-state index >= 15 is 0 Å². The molecule has 11 aromatic carbocycles. The van der Waals surface area contributed by atoms with E-state index in [-0.39, 0.29) is 21.7 Å². The molecule has 0 saturated carbocycles. The number of hydrogen-bond donors (Lipinski definition) is 0. The molecule has 0 aliphatic heterocycles. The summed E-state index contributed by atoms with van der Waals surface area (Å²) < 4.78 is 2.50. The van der Waals surface area contributed by atoms with Crippen molar-refractivity contribution in [1.82, 2.24) is 0 Å². The minimum atomic E-state index is -2.38. The van der Waals surface area contributed by atoms with Gasteiger partial charge in [-0.15, -0.1) is 37.8 Å². The van der Waals surface area contributed by atoms with Crippen molar-refractivity contribution in [1.29, 1.82) is 0 Å². The molecule has 12 aromatic rings. The van der Waals surface area contributed by atoms with Crippen LogP contribution in [0.5, 0.6) is 0 Å². The third kappa shape index (κ3) is 13.2. The summed E-state index contributed by atoms with van der Waals surface area (Å²) in [6, 6.07) is 84.8. The molecule has 1 heterocycles. The lowest BCUT2D eigenvalue weighted by Gasteiger charge is -2.43. The quantitative estimate of drug-likeness (QED) is 0.101. The number of benzene rings is 11. The van der Waals surface area contributed by atoms with E-state index in [0.717, 1.165) is 56.1 Å². The summed E-state index contributed by atoms with van der Waals surface area (Å²) in [5, 5.41) is 1.87. The van der Waals surface area contributed by atoms with Gasteiger partial charge < -0.3 is 14.7 Å². The second kappa shape index (κ2) is 27.2. The molecule has 488 valence electrons. The smallest absolute Gasteiger partial charge is 0.155 e. The Balaban J connectivity index is 1.25. The van der Waals surface area contributed by atoms with Crippen LogP contribution in [0.2, 0.25) is 5.02 Å². The molecule has 3 nitrogen and oxygen atoms in total. The summed E-state index contributed by atoms with van der Waals surface area (Å²) >= 11 is 10.9. The van der Waals surface area contributed by atoms with Crippen molar-refractivity contribution in [2.45, 2.75) is 124 Å². The molecule has 0 aliphatic rings. The van der Waals surface area contributed by atoms with Gasteiger partial charge in [-0.3, -0.25) is 0 Å². The van der Waals surface area contributed by atoms with E-state index in [0.29, 0.717) is 5.02 Å². The largest absolute Gasteiger partial charge is 0.310 e. The molecule has 15 heteroatoms. The first kappa shape index (κ1) is 70.9. The maximum absolute atomic E-state index is 8.97. The van der Waals surface area contributed by atoms with Gasteiger partial charge in [0.15, 0.2) is 7.85 Å². The minimum Gasteiger partial charge on any atom is -0.310 e. The van der Waals surface area contributed by atoms with Crippen molar-refractivity contribution in [3.63, 3.8) is 0 Å². The number of thiophene rings is 1. The van der Waals surface area contributed by atoms with Gasteiger partial charge in [-0.2, -0.15) is 0 Å². The lowest BCUT2D eigenvalue weighted by Crippen LogP contribution is -2.56. The van der Waals surface area contributed by atoms with Crippen LogP contribution in [0.1, 0.15) is 105 Å². The van der Waals surface area contributed by atoms with E-state index in [1.165, 1.54) is 107 Å². The Morgan fingerprint density at radius 1 is 0.303 bits per heavy atom. The molecule has 0 amide bonds. The average molecular weight is 1340 g/mol. The molecule has 0 atom stereocenters. The highest BCUT2D eigenvalue weighted by molar-refractivity contribution is 8.34. The third-order valence-corrected chi connectivity index (χ3v) is 26.5. The maximum Gasteiger partial charge on any atom is 0.155 e. The molecular weight excluding hydrogens is 1250 g/mol. The Morgan fingerprint density at radius 3 is 0.990 bits per heavy atom. The first-order valence-corrected chi connectivity index (χ1v) is 38.0. The summed E-state index contributed by atoms with van der Waals surface area (Å²) in [6.07, 6.45) is 0. The van der Waals surface area contributed by atoms with Crippen LogP contribution >= 0.6 is 33.0 Å². The highest BCUT2D eigenvalue weighted by Gasteiger charge is 2.38. The summed E-state index contributed by atoms with van der Waals surface area (Å²) in [7, 11) is 18.6. The van der Waals surface area contributed by atoms with Crippen molar-refractivity contribution in [3.05, 3.63) is 252 Å². The zero-order chi connectivity index (χ0) is 71.0. The van der Waals surface area contributed by atoms with Gasteiger partial charge in [-0.05, 0) is 175 Å². The standard InChI is InChI=1S/C84H91B9ClN3S2/c1-81(2,3)50-31-39-54(40-32-50)95(55-41-33-51(34-42-55)82(4,5)6)58-23-22-24-59(47-58)96(56-43-35-52(36-44-56)83(7,8)9)64-48-63(99(60-25-16-13-17-26-60,61-27-18-14-19-28-61)62-29-20-15-21-30-62)49-65(77(64)94)97(57-45-37-53(38-46-57)84(10,11)12)78-68-69(85)66(72(88)76(92)79(68)98-80(78)93)67-70(86)73(89)75(91)74(90)71(67)87/h13-49H,85-93H2,1-12H3. The minimum absolute atomic E-state index is 0.0212. The Morgan fingerprint density at radius 2 is 0.616 bits per heavy atom.